The highest BCUT2D eigenvalue weighted by Gasteiger charge is 2.46. The van der Waals surface area contributed by atoms with Crippen LogP contribution >= 0.6 is 0 Å². The molecule has 8 aromatic carbocycles. The molecule has 0 fully saturated rings. The van der Waals surface area contributed by atoms with Gasteiger partial charge in [-0.25, -0.2) is 0 Å². The van der Waals surface area contributed by atoms with Crippen LogP contribution in [-0.2, 0) is 21.7 Å². The van der Waals surface area contributed by atoms with Crippen LogP contribution in [0.5, 0.6) is 0 Å². The highest BCUT2D eigenvalue weighted by Crippen LogP contribution is 2.64. The zero-order valence-electron chi connectivity index (χ0n) is 36.5. The number of hydrogen-bond donors (Lipinski definition) is 0. The zero-order valence-corrected chi connectivity index (χ0v) is 36.5. The molecule has 0 bridgehead atoms. The summed E-state index contributed by atoms with van der Waals surface area (Å²) in [6.07, 6.45) is 0. The Kier molecular flexibility index (Phi) is 7.23. The standard InChI is InChI=1S/C60H51N/c1-57(2)46-23-15-12-20-40(46)42-29-27-38(33-50(42)57)61(39-28-30-43-41-21-13-16-24-47(41)58(3,4)51(43)34-39)56-54-44-22-14-17-25-48(44)59(5,6)52(54)35-53-55(56)45-32-37(36-18-10-9-11-19-36)26-31-49(45)60(53,7)8/h9-35H,1-8H3. The van der Waals surface area contributed by atoms with Gasteiger partial charge in [-0.3, -0.25) is 0 Å². The van der Waals surface area contributed by atoms with E-state index in [4.69, 9.17) is 0 Å². The van der Waals surface area contributed by atoms with Crippen molar-refractivity contribution in [3.63, 3.8) is 0 Å². The lowest BCUT2D eigenvalue weighted by atomic mass is 9.77. The first-order valence-corrected chi connectivity index (χ1v) is 22.1. The van der Waals surface area contributed by atoms with Crippen molar-refractivity contribution in [2.75, 3.05) is 4.90 Å². The van der Waals surface area contributed by atoms with Crippen molar-refractivity contribution in [3.05, 3.63) is 208 Å². The van der Waals surface area contributed by atoms with E-state index in [0.717, 1.165) is 0 Å². The Hall–Kier alpha value is -6.44. The summed E-state index contributed by atoms with van der Waals surface area (Å²) < 4.78 is 0. The van der Waals surface area contributed by atoms with E-state index in [1.54, 1.807) is 0 Å². The third-order valence-corrected chi connectivity index (χ3v) is 15.5. The highest BCUT2D eigenvalue weighted by molar-refractivity contribution is 6.07. The van der Waals surface area contributed by atoms with Crippen molar-refractivity contribution in [1.82, 2.24) is 0 Å². The molecule has 0 radical (unpaired) electrons. The number of anilines is 3. The second kappa shape index (κ2) is 12.1. The van der Waals surface area contributed by atoms with Gasteiger partial charge in [-0.2, -0.15) is 0 Å². The lowest BCUT2D eigenvalue weighted by Crippen LogP contribution is -2.21. The van der Waals surface area contributed by atoms with Crippen LogP contribution in [0, 0.1) is 0 Å². The molecule has 1 heteroatoms. The quantitative estimate of drug-likeness (QED) is 0.172. The molecule has 296 valence electrons. The summed E-state index contributed by atoms with van der Waals surface area (Å²) in [4.78, 5) is 2.68. The molecule has 8 aromatic rings. The summed E-state index contributed by atoms with van der Waals surface area (Å²) in [5.74, 6) is 0. The van der Waals surface area contributed by atoms with E-state index in [2.05, 4.69) is 224 Å². The van der Waals surface area contributed by atoms with Gasteiger partial charge < -0.3 is 4.90 Å². The molecule has 0 N–H and O–H groups in total. The fourth-order valence-electron chi connectivity index (χ4n) is 12.1. The van der Waals surface area contributed by atoms with E-state index < -0.39 is 0 Å². The van der Waals surface area contributed by atoms with Gasteiger partial charge in [0.25, 0.3) is 0 Å². The molecule has 0 aliphatic heterocycles. The maximum atomic E-state index is 2.68. The van der Waals surface area contributed by atoms with Crippen molar-refractivity contribution in [1.29, 1.82) is 0 Å². The lowest BCUT2D eigenvalue weighted by Gasteiger charge is -2.34. The van der Waals surface area contributed by atoms with Crippen LogP contribution in [0.25, 0.3) is 55.6 Å². The van der Waals surface area contributed by atoms with Crippen LogP contribution in [0.2, 0.25) is 0 Å². The van der Waals surface area contributed by atoms with Gasteiger partial charge in [-0.1, -0.05) is 189 Å². The van der Waals surface area contributed by atoms with Gasteiger partial charge in [0.1, 0.15) is 0 Å². The first kappa shape index (κ1) is 36.4. The Balaban J connectivity index is 1.22. The van der Waals surface area contributed by atoms with Crippen molar-refractivity contribution in [2.24, 2.45) is 0 Å². The fraction of sp³-hybridized carbons (Fsp3) is 0.200. The summed E-state index contributed by atoms with van der Waals surface area (Å²) in [5, 5.41) is 0. The van der Waals surface area contributed by atoms with Crippen LogP contribution < -0.4 is 4.90 Å². The van der Waals surface area contributed by atoms with Gasteiger partial charge in [0.05, 0.1) is 5.69 Å². The summed E-state index contributed by atoms with van der Waals surface area (Å²) in [6.45, 7) is 19.4. The highest BCUT2D eigenvalue weighted by atomic mass is 15.2. The van der Waals surface area contributed by atoms with Crippen LogP contribution in [-0.4, -0.2) is 0 Å². The number of hydrogen-bond acceptors (Lipinski definition) is 1. The molecular weight excluding hydrogens is 735 g/mol. The lowest BCUT2D eigenvalue weighted by molar-refractivity contribution is 0.639. The minimum Gasteiger partial charge on any atom is -0.309 e. The second-order valence-electron chi connectivity index (χ2n) is 20.1. The summed E-state index contributed by atoms with van der Waals surface area (Å²) in [7, 11) is 0. The van der Waals surface area contributed by atoms with E-state index in [1.807, 2.05) is 0 Å². The van der Waals surface area contributed by atoms with Crippen molar-refractivity contribution in [3.8, 4) is 55.6 Å². The van der Waals surface area contributed by atoms with E-state index in [1.165, 1.54) is 117 Å². The molecule has 4 aliphatic rings. The number of nitrogens with zero attached hydrogens (tertiary/aromatic N) is 1. The Morgan fingerprint density at radius 1 is 0.279 bits per heavy atom. The van der Waals surface area contributed by atoms with Gasteiger partial charge in [-0.05, 0) is 119 Å². The topological polar surface area (TPSA) is 3.24 Å². The Morgan fingerprint density at radius 2 is 0.689 bits per heavy atom. The normalized spacial score (nSPS) is 16.7. The van der Waals surface area contributed by atoms with Gasteiger partial charge in [0.2, 0.25) is 0 Å². The average molecular weight is 786 g/mol. The first-order chi connectivity index (χ1) is 29.3. The van der Waals surface area contributed by atoms with Crippen molar-refractivity contribution < 1.29 is 0 Å². The maximum Gasteiger partial charge on any atom is 0.0624 e. The van der Waals surface area contributed by atoms with E-state index >= 15 is 0 Å². The molecule has 0 spiro atoms. The van der Waals surface area contributed by atoms with Gasteiger partial charge in [0, 0.05) is 44.2 Å². The van der Waals surface area contributed by atoms with Gasteiger partial charge in [-0.15, -0.1) is 0 Å². The molecule has 0 atom stereocenters. The predicted molar refractivity (Wildman–Crippen MR) is 257 cm³/mol. The SMILES string of the molecule is CC1(C)c2ccccc2-c2ccc(N(c3ccc4c(c3)C(C)(C)c3ccccc3-4)c3c4c(cc5c3-c3cc(-c6ccccc6)ccc3C5(C)C)C(C)(C)c3ccccc3-4)cc21. The van der Waals surface area contributed by atoms with Crippen molar-refractivity contribution >= 4 is 17.1 Å². The van der Waals surface area contributed by atoms with Crippen molar-refractivity contribution in [2.45, 2.75) is 77.0 Å². The number of benzene rings is 8. The number of fused-ring (bicyclic) bond motifs is 12. The monoisotopic (exact) mass is 785 g/mol. The fourth-order valence-corrected chi connectivity index (χ4v) is 12.1. The molecule has 0 saturated carbocycles. The van der Waals surface area contributed by atoms with Gasteiger partial charge in [0.15, 0.2) is 0 Å². The minimum absolute atomic E-state index is 0.149. The summed E-state index contributed by atoms with van der Waals surface area (Å²) >= 11 is 0. The van der Waals surface area contributed by atoms with Crippen LogP contribution in [0.1, 0.15) is 99.9 Å². The Labute approximate surface area is 361 Å². The minimum atomic E-state index is -0.219. The first-order valence-electron chi connectivity index (χ1n) is 22.1. The van der Waals surface area contributed by atoms with E-state index in [-0.39, 0.29) is 21.7 Å². The molecule has 0 amide bonds. The zero-order chi connectivity index (χ0) is 41.8. The van der Waals surface area contributed by atoms with E-state index in [9.17, 15) is 0 Å². The summed E-state index contributed by atoms with van der Waals surface area (Å²) in [6, 6.07) is 62.7. The number of rotatable bonds is 4. The molecule has 4 aliphatic carbocycles. The average Bonchev–Trinajstić information content (AvgIpc) is 3.84. The molecule has 12 rings (SSSR count). The molecule has 0 saturated heterocycles. The predicted octanol–water partition coefficient (Wildman–Crippen LogP) is 16.0. The molecular formula is C60H51N. The Morgan fingerprint density at radius 3 is 1.23 bits per heavy atom. The van der Waals surface area contributed by atoms with E-state index in [0.29, 0.717) is 0 Å². The molecule has 0 unspecified atom stereocenters. The third kappa shape index (κ3) is 4.73. The largest absolute Gasteiger partial charge is 0.309 e. The second-order valence-corrected chi connectivity index (χ2v) is 20.1. The molecule has 1 nitrogen and oxygen atoms in total. The summed E-state index contributed by atoms with van der Waals surface area (Å²) in [5.41, 5.74) is 27.3. The smallest absolute Gasteiger partial charge is 0.0624 e. The molecule has 0 aromatic heterocycles. The Bertz CT molecular complexity index is 3080. The third-order valence-electron chi connectivity index (χ3n) is 15.5. The molecule has 61 heavy (non-hydrogen) atoms. The van der Waals surface area contributed by atoms with Gasteiger partial charge >= 0.3 is 0 Å². The van der Waals surface area contributed by atoms with Crippen LogP contribution in [0.3, 0.4) is 0 Å². The van der Waals surface area contributed by atoms with Crippen LogP contribution in [0.15, 0.2) is 164 Å². The van der Waals surface area contributed by atoms with Crippen LogP contribution in [0.4, 0.5) is 17.1 Å². The molecule has 0 heterocycles. The maximum absolute atomic E-state index is 2.68.